The Morgan fingerprint density at radius 1 is 1.24 bits per heavy atom. The lowest BCUT2D eigenvalue weighted by atomic mass is 10.2. The van der Waals surface area contributed by atoms with Gasteiger partial charge in [0, 0.05) is 51.8 Å². The van der Waals surface area contributed by atoms with Crippen LogP contribution in [0.1, 0.15) is 52.8 Å². The third kappa shape index (κ3) is 3.61. The minimum atomic E-state index is 0.0982. The van der Waals surface area contributed by atoms with Crippen molar-refractivity contribution in [2.45, 2.75) is 38.6 Å². The van der Waals surface area contributed by atoms with Crippen LogP contribution in [0, 0.1) is 6.92 Å². The quantitative estimate of drug-likeness (QED) is 0.849. The maximum absolute atomic E-state index is 12.9. The van der Waals surface area contributed by atoms with Crippen molar-refractivity contribution in [1.29, 1.82) is 0 Å². The molecule has 2 aliphatic rings. The zero-order valence-electron chi connectivity index (χ0n) is 14.9. The number of nitrogens with zero attached hydrogens (tertiary/aromatic N) is 5. The van der Waals surface area contributed by atoms with E-state index in [9.17, 15) is 4.79 Å². The van der Waals surface area contributed by atoms with Gasteiger partial charge in [0.15, 0.2) is 0 Å². The molecule has 0 atom stereocenters. The first kappa shape index (κ1) is 16.3. The average molecular weight is 343 g/mol. The van der Waals surface area contributed by atoms with Crippen LogP contribution in [-0.2, 0) is 13.6 Å². The van der Waals surface area contributed by atoms with Crippen molar-refractivity contribution in [3.8, 4) is 0 Å². The number of amides is 1. The third-order valence-electron chi connectivity index (χ3n) is 5.05. The van der Waals surface area contributed by atoms with Gasteiger partial charge in [-0.3, -0.25) is 14.4 Å². The van der Waals surface area contributed by atoms with Crippen LogP contribution >= 0.6 is 0 Å². The van der Waals surface area contributed by atoms with E-state index in [2.05, 4.69) is 15.2 Å². The minimum Gasteiger partial charge on any atom is -0.361 e. The summed E-state index contributed by atoms with van der Waals surface area (Å²) >= 11 is 0. The molecule has 134 valence electrons. The summed E-state index contributed by atoms with van der Waals surface area (Å²) in [5.74, 6) is 1.50. The van der Waals surface area contributed by atoms with Crippen LogP contribution in [0.3, 0.4) is 0 Å². The number of aryl methyl sites for hydroxylation is 2. The molecule has 3 heterocycles. The Bertz CT molecular complexity index is 761. The molecular weight excluding hydrogens is 318 g/mol. The first-order chi connectivity index (χ1) is 12.1. The Morgan fingerprint density at radius 2 is 2.08 bits per heavy atom. The highest BCUT2D eigenvalue weighted by atomic mass is 16.5. The Kier molecular flexibility index (Phi) is 4.33. The van der Waals surface area contributed by atoms with Crippen LogP contribution in [0.15, 0.2) is 16.7 Å². The van der Waals surface area contributed by atoms with Crippen molar-refractivity contribution in [3.63, 3.8) is 0 Å². The second-order valence-corrected chi connectivity index (χ2v) is 7.20. The van der Waals surface area contributed by atoms with Gasteiger partial charge in [0.05, 0.1) is 11.4 Å². The molecule has 7 nitrogen and oxygen atoms in total. The van der Waals surface area contributed by atoms with Gasteiger partial charge in [-0.05, 0) is 32.3 Å². The zero-order chi connectivity index (χ0) is 17.4. The van der Waals surface area contributed by atoms with E-state index < -0.39 is 0 Å². The maximum Gasteiger partial charge on any atom is 0.272 e. The van der Waals surface area contributed by atoms with Crippen LogP contribution in [0.4, 0.5) is 0 Å². The monoisotopic (exact) mass is 343 g/mol. The first-order valence-corrected chi connectivity index (χ1v) is 9.08. The molecule has 2 aromatic heterocycles. The summed E-state index contributed by atoms with van der Waals surface area (Å²) in [5.41, 5.74) is 2.74. The molecular formula is C18H25N5O2. The van der Waals surface area contributed by atoms with Crippen LogP contribution in [0.5, 0.6) is 0 Å². The van der Waals surface area contributed by atoms with E-state index in [-0.39, 0.29) is 5.91 Å². The molecule has 1 amide bonds. The Hall–Kier alpha value is -2.15. The minimum absolute atomic E-state index is 0.0982. The van der Waals surface area contributed by atoms with E-state index in [1.165, 1.54) is 12.8 Å². The number of hydrogen-bond donors (Lipinski definition) is 0. The largest absolute Gasteiger partial charge is 0.361 e. The highest BCUT2D eigenvalue weighted by Gasteiger charge is 2.29. The van der Waals surface area contributed by atoms with Gasteiger partial charge >= 0.3 is 0 Å². The van der Waals surface area contributed by atoms with Gasteiger partial charge in [-0.2, -0.15) is 5.10 Å². The molecule has 0 spiro atoms. The summed E-state index contributed by atoms with van der Waals surface area (Å²) in [7, 11) is 1.87. The summed E-state index contributed by atoms with van der Waals surface area (Å²) in [6, 6.07) is 3.96. The topological polar surface area (TPSA) is 67.4 Å². The predicted molar refractivity (Wildman–Crippen MR) is 92.2 cm³/mol. The summed E-state index contributed by atoms with van der Waals surface area (Å²) < 4.78 is 6.89. The molecule has 0 bridgehead atoms. The number of rotatable bonds is 4. The van der Waals surface area contributed by atoms with Gasteiger partial charge in [0.2, 0.25) is 0 Å². The SMILES string of the molecule is Cc1cc(CN2CCCN(C(=O)c3cc(C4CC4)nn3C)CC2)no1. The molecule has 1 saturated heterocycles. The highest BCUT2D eigenvalue weighted by molar-refractivity contribution is 5.92. The van der Waals surface area contributed by atoms with E-state index in [0.717, 1.165) is 56.3 Å². The van der Waals surface area contributed by atoms with Crippen LogP contribution in [0.2, 0.25) is 0 Å². The van der Waals surface area contributed by atoms with E-state index in [1.807, 2.05) is 31.0 Å². The lowest BCUT2D eigenvalue weighted by Gasteiger charge is -2.21. The van der Waals surface area contributed by atoms with Crippen molar-refractivity contribution in [1.82, 2.24) is 24.7 Å². The molecule has 0 aromatic carbocycles. The van der Waals surface area contributed by atoms with Crippen molar-refractivity contribution in [3.05, 3.63) is 35.0 Å². The second kappa shape index (κ2) is 6.63. The van der Waals surface area contributed by atoms with E-state index >= 15 is 0 Å². The fourth-order valence-corrected chi connectivity index (χ4v) is 3.48. The fourth-order valence-electron chi connectivity index (χ4n) is 3.48. The van der Waals surface area contributed by atoms with Crippen LogP contribution in [0.25, 0.3) is 0 Å². The Labute approximate surface area is 147 Å². The van der Waals surface area contributed by atoms with E-state index in [4.69, 9.17) is 4.52 Å². The third-order valence-corrected chi connectivity index (χ3v) is 5.05. The maximum atomic E-state index is 12.9. The van der Waals surface area contributed by atoms with Gasteiger partial charge in [-0.15, -0.1) is 0 Å². The fraction of sp³-hybridized carbons (Fsp3) is 0.611. The predicted octanol–water partition coefficient (Wildman–Crippen LogP) is 1.94. The summed E-state index contributed by atoms with van der Waals surface area (Å²) in [6.07, 6.45) is 3.37. The Balaban J connectivity index is 1.39. The van der Waals surface area contributed by atoms with Gasteiger partial charge < -0.3 is 9.42 Å². The number of aromatic nitrogens is 3. The molecule has 0 unspecified atom stereocenters. The van der Waals surface area contributed by atoms with Gasteiger partial charge in [0.1, 0.15) is 11.5 Å². The van der Waals surface area contributed by atoms with Crippen molar-refractivity contribution in [2.75, 3.05) is 26.2 Å². The van der Waals surface area contributed by atoms with Crippen LogP contribution in [-0.4, -0.2) is 56.8 Å². The van der Waals surface area contributed by atoms with Crippen molar-refractivity contribution >= 4 is 5.91 Å². The first-order valence-electron chi connectivity index (χ1n) is 9.08. The highest BCUT2D eigenvalue weighted by Crippen LogP contribution is 2.39. The van der Waals surface area contributed by atoms with E-state index in [0.29, 0.717) is 11.6 Å². The molecule has 2 fully saturated rings. The normalized spacial score (nSPS) is 19.2. The second-order valence-electron chi connectivity index (χ2n) is 7.20. The molecule has 2 aromatic rings. The molecule has 4 rings (SSSR count). The van der Waals surface area contributed by atoms with Gasteiger partial charge in [-0.25, -0.2) is 0 Å². The summed E-state index contributed by atoms with van der Waals surface area (Å²) in [4.78, 5) is 17.2. The summed E-state index contributed by atoms with van der Waals surface area (Å²) in [6.45, 7) is 6.02. The smallest absolute Gasteiger partial charge is 0.272 e. The standard InChI is InChI=1S/C18H25N5O2/c1-13-10-15(20-25-13)12-22-6-3-7-23(9-8-22)18(24)17-11-16(14-4-5-14)19-21(17)2/h10-11,14H,3-9,12H2,1-2H3. The lowest BCUT2D eigenvalue weighted by molar-refractivity contribution is 0.0750. The van der Waals surface area contributed by atoms with Gasteiger partial charge in [0.25, 0.3) is 5.91 Å². The molecule has 1 aliphatic heterocycles. The van der Waals surface area contributed by atoms with E-state index in [1.54, 1.807) is 4.68 Å². The number of carbonyl (C=O) groups excluding carboxylic acids is 1. The molecule has 0 N–H and O–H groups in total. The van der Waals surface area contributed by atoms with Gasteiger partial charge in [-0.1, -0.05) is 5.16 Å². The average Bonchev–Trinajstić information content (AvgIpc) is 3.30. The molecule has 1 saturated carbocycles. The Morgan fingerprint density at radius 3 is 2.80 bits per heavy atom. The number of hydrogen-bond acceptors (Lipinski definition) is 5. The molecule has 7 heteroatoms. The zero-order valence-corrected chi connectivity index (χ0v) is 14.9. The summed E-state index contributed by atoms with van der Waals surface area (Å²) in [5, 5.41) is 8.60. The van der Waals surface area contributed by atoms with Crippen molar-refractivity contribution in [2.24, 2.45) is 7.05 Å². The van der Waals surface area contributed by atoms with Crippen molar-refractivity contribution < 1.29 is 9.32 Å². The molecule has 25 heavy (non-hydrogen) atoms. The molecule has 0 radical (unpaired) electrons. The van der Waals surface area contributed by atoms with Crippen LogP contribution < -0.4 is 0 Å². The lowest BCUT2D eigenvalue weighted by Crippen LogP contribution is -2.36. The molecule has 1 aliphatic carbocycles. The number of carbonyl (C=O) groups is 1.